The maximum absolute atomic E-state index is 8.75. The van der Waals surface area contributed by atoms with Gasteiger partial charge in [0, 0.05) is 18.9 Å². The second kappa shape index (κ2) is 3.37. The first-order chi connectivity index (χ1) is 4.88. The molecule has 0 fully saturated rings. The second-order valence-electron chi connectivity index (χ2n) is 2.19. The SMILES string of the molecule is CCCn1ccnc1CO. The molecule has 0 atom stereocenters. The minimum atomic E-state index is 0.0347. The molecule has 0 aliphatic carbocycles. The Kier molecular flexibility index (Phi) is 2.45. The molecule has 0 spiro atoms. The lowest BCUT2D eigenvalue weighted by atomic mass is 10.4. The Hall–Kier alpha value is -0.830. The zero-order valence-electron chi connectivity index (χ0n) is 6.12. The number of aromatic nitrogens is 2. The van der Waals surface area contributed by atoms with Crippen molar-refractivity contribution in [3.8, 4) is 0 Å². The first kappa shape index (κ1) is 7.28. The van der Waals surface area contributed by atoms with Gasteiger partial charge in [0.1, 0.15) is 12.4 Å². The third-order valence-corrected chi connectivity index (χ3v) is 1.41. The summed E-state index contributed by atoms with van der Waals surface area (Å²) in [5.41, 5.74) is 0. The fourth-order valence-electron chi connectivity index (χ4n) is 0.936. The predicted molar refractivity (Wildman–Crippen MR) is 38.4 cm³/mol. The van der Waals surface area contributed by atoms with E-state index in [9.17, 15) is 0 Å². The van der Waals surface area contributed by atoms with E-state index in [1.807, 2.05) is 10.8 Å². The van der Waals surface area contributed by atoms with Gasteiger partial charge in [0.05, 0.1) is 0 Å². The molecule has 0 aromatic carbocycles. The van der Waals surface area contributed by atoms with E-state index < -0.39 is 0 Å². The van der Waals surface area contributed by atoms with Crippen LogP contribution in [0.5, 0.6) is 0 Å². The van der Waals surface area contributed by atoms with Gasteiger partial charge in [0.15, 0.2) is 0 Å². The van der Waals surface area contributed by atoms with Crippen LogP contribution < -0.4 is 0 Å². The minimum absolute atomic E-state index is 0.0347. The van der Waals surface area contributed by atoms with Crippen molar-refractivity contribution < 1.29 is 5.11 Å². The summed E-state index contributed by atoms with van der Waals surface area (Å²) < 4.78 is 1.96. The highest BCUT2D eigenvalue weighted by Gasteiger charge is 1.97. The lowest BCUT2D eigenvalue weighted by Gasteiger charge is -2.01. The number of hydrogen-bond acceptors (Lipinski definition) is 2. The summed E-state index contributed by atoms with van der Waals surface area (Å²) in [7, 11) is 0. The van der Waals surface area contributed by atoms with E-state index in [4.69, 9.17) is 5.11 Å². The molecule has 0 saturated heterocycles. The van der Waals surface area contributed by atoms with E-state index >= 15 is 0 Å². The molecule has 3 heteroatoms. The van der Waals surface area contributed by atoms with Crippen LogP contribution in [0.1, 0.15) is 19.2 Å². The van der Waals surface area contributed by atoms with Gasteiger partial charge in [-0.15, -0.1) is 0 Å². The summed E-state index contributed by atoms with van der Waals surface area (Å²) in [4.78, 5) is 3.97. The zero-order chi connectivity index (χ0) is 7.40. The summed E-state index contributed by atoms with van der Waals surface area (Å²) in [6, 6.07) is 0. The van der Waals surface area contributed by atoms with Gasteiger partial charge in [-0.3, -0.25) is 0 Å². The fourth-order valence-corrected chi connectivity index (χ4v) is 0.936. The average Bonchev–Trinajstić information content (AvgIpc) is 2.36. The van der Waals surface area contributed by atoms with E-state index in [1.165, 1.54) is 0 Å². The van der Waals surface area contributed by atoms with Crippen molar-refractivity contribution in [2.75, 3.05) is 0 Å². The second-order valence-corrected chi connectivity index (χ2v) is 2.19. The van der Waals surface area contributed by atoms with Crippen molar-refractivity contribution in [2.24, 2.45) is 0 Å². The molecule has 0 saturated carbocycles. The highest BCUT2D eigenvalue weighted by atomic mass is 16.3. The van der Waals surface area contributed by atoms with Crippen LogP contribution >= 0.6 is 0 Å². The van der Waals surface area contributed by atoms with E-state index in [-0.39, 0.29) is 6.61 Å². The van der Waals surface area contributed by atoms with E-state index in [0.717, 1.165) is 18.8 Å². The molecule has 0 bridgehead atoms. The number of hydrogen-bond donors (Lipinski definition) is 1. The molecule has 0 radical (unpaired) electrons. The van der Waals surface area contributed by atoms with Gasteiger partial charge in [0.25, 0.3) is 0 Å². The van der Waals surface area contributed by atoms with Gasteiger partial charge in [-0.05, 0) is 6.42 Å². The fraction of sp³-hybridized carbons (Fsp3) is 0.571. The van der Waals surface area contributed by atoms with E-state index in [1.54, 1.807) is 6.20 Å². The Balaban J connectivity index is 2.70. The van der Waals surface area contributed by atoms with Crippen LogP contribution in [0.25, 0.3) is 0 Å². The highest BCUT2D eigenvalue weighted by Crippen LogP contribution is 1.97. The summed E-state index contributed by atoms with van der Waals surface area (Å²) in [6.45, 7) is 3.07. The molecule has 1 aromatic rings. The van der Waals surface area contributed by atoms with Gasteiger partial charge in [-0.25, -0.2) is 4.98 Å². The Bertz CT molecular complexity index is 195. The number of aliphatic hydroxyl groups excluding tert-OH is 1. The first-order valence-electron chi connectivity index (χ1n) is 3.49. The highest BCUT2D eigenvalue weighted by molar-refractivity contribution is 4.89. The molecule has 1 N–H and O–H groups in total. The minimum Gasteiger partial charge on any atom is -0.388 e. The van der Waals surface area contributed by atoms with Crippen LogP contribution in [0, 0.1) is 0 Å². The Labute approximate surface area is 60.3 Å². The monoisotopic (exact) mass is 140 g/mol. The summed E-state index contributed by atoms with van der Waals surface area (Å²) in [5.74, 6) is 0.752. The van der Waals surface area contributed by atoms with E-state index in [2.05, 4.69) is 11.9 Å². The molecule has 0 aliphatic heterocycles. The normalized spacial score (nSPS) is 10.2. The lowest BCUT2D eigenvalue weighted by molar-refractivity contribution is 0.265. The topological polar surface area (TPSA) is 38.0 Å². The molecular formula is C7H12N2O. The van der Waals surface area contributed by atoms with E-state index in [0.29, 0.717) is 0 Å². The van der Waals surface area contributed by atoms with Gasteiger partial charge in [-0.1, -0.05) is 6.92 Å². The molecule has 10 heavy (non-hydrogen) atoms. The molecular weight excluding hydrogens is 128 g/mol. The van der Waals surface area contributed by atoms with Crippen LogP contribution in [0.15, 0.2) is 12.4 Å². The van der Waals surface area contributed by atoms with Gasteiger partial charge >= 0.3 is 0 Å². The largest absolute Gasteiger partial charge is 0.388 e. The maximum atomic E-state index is 8.75. The molecule has 56 valence electrons. The van der Waals surface area contributed by atoms with Crippen molar-refractivity contribution in [3.63, 3.8) is 0 Å². The predicted octanol–water partition coefficient (Wildman–Crippen LogP) is 0.785. The maximum Gasteiger partial charge on any atom is 0.134 e. The van der Waals surface area contributed by atoms with Gasteiger partial charge < -0.3 is 9.67 Å². The molecule has 1 aromatic heterocycles. The molecule has 3 nitrogen and oxygen atoms in total. The Morgan fingerprint density at radius 1 is 1.70 bits per heavy atom. The molecule has 0 unspecified atom stereocenters. The Morgan fingerprint density at radius 2 is 2.50 bits per heavy atom. The quantitative estimate of drug-likeness (QED) is 0.674. The average molecular weight is 140 g/mol. The number of aliphatic hydroxyl groups is 1. The number of imidazole rings is 1. The van der Waals surface area contributed by atoms with Crippen molar-refractivity contribution in [2.45, 2.75) is 26.5 Å². The third-order valence-electron chi connectivity index (χ3n) is 1.41. The zero-order valence-corrected chi connectivity index (χ0v) is 6.12. The van der Waals surface area contributed by atoms with Gasteiger partial charge in [-0.2, -0.15) is 0 Å². The standard InChI is InChI=1S/C7H12N2O/c1-2-4-9-5-3-8-7(9)6-10/h3,5,10H,2,4,6H2,1H3. The van der Waals surface area contributed by atoms with Gasteiger partial charge in [0.2, 0.25) is 0 Å². The number of aryl methyl sites for hydroxylation is 1. The number of rotatable bonds is 3. The smallest absolute Gasteiger partial charge is 0.134 e. The molecule has 0 amide bonds. The van der Waals surface area contributed by atoms with Crippen molar-refractivity contribution in [1.82, 2.24) is 9.55 Å². The van der Waals surface area contributed by atoms with Crippen LogP contribution in [0.2, 0.25) is 0 Å². The van der Waals surface area contributed by atoms with Crippen LogP contribution in [0.4, 0.5) is 0 Å². The molecule has 1 heterocycles. The summed E-state index contributed by atoms with van der Waals surface area (Å²) >= 11 is 0. The van der Waals surface area contributed by atoms with Crippen molar-refractivity contribution in [3.05, 3.63) is 18.2 Å². The summed E-state index contributed by atoms with van der Waals surface area (Å²) in [5, 5.41) is 8.75. The summed E-state index contributed by atoms with van der Waals surface area (Å²) in [6.07, 6.45) is 4.67. The van der Waals surface area contributed by atoms with Crippen LogP contribution in [-0.4, -0.2) is 14.7 Å². The molecule has 1 rings (SSSR count). The lowest BCUT2D eigenvalue weighted by Crippen LogP contribution is -2.01. The van der Waals surface area contributed by atoms with Crippen molar-refractivity contribution >= 4 is 0 Å². The van der Waals surface area contributed by atoms with Crippen LogP contribution in [0.3, 0.4) is 0 Å². The number of nitrogens with zero attached hydrogens (tertiary/aromatic N) is 2. The first-order valence-corrected chi connectivity index (χ1v) is 3.49. The molecule has 0 aliphatic rings. The Morgan fingerprint density at radius 3 is 3.10 bits per heavy atom. The third kappa shape index (κ3) is 1.36. The van der Waals surface area contributed by atoms with Crippen LogP contribution in [-0.2, 0) is 13.2 Å². The van der Waals surface area contributed by atoms with Crippen molar-refractivity contribution in [1.29, 1.82) is 0 Å².